The van der Waals surface area contributed by atoms with E-state index < -0.39 is 78.6 Å². The molecule has 1 fully saturated rings. The minimum Gasteiger partial charge on any atom is -0.463 e. The van der Waals surface area contributed by atoms with Crippen LogP contribution in [0.2, 0.25) is 0 Å². The topological polar surface area (TPSA) is 144 Å². The fraction of sp³-hybridized carbons (Fsp3) is 0.393. The molecule has 11 nitrogen and oxygen atoms in total. The first-order chi connectivity index (χ1) is 19.6. The second kappa shape index (κ2) is 13.5. The molecule has 0 aliphatic carbocycles. The number of amides is 1. The van der Waals surface area contributed by atoms with Gasteiger partial charge in [-0.1, -0.05) is 12.1 Å². The number of halogens is 3. The van der Waals surface area contributed by atoms with E-state index in [1.165, 1.54) is 31.2 Å². The lowest BCUT2D eigenvalue weighted by atomic mass is 9.96. The van der Waals surface area contributed by atoms with Crippen molar-refractivity contribution in [1.29, 1.82) is 0 Å². The first-order valence-corrected chi connectivity index (χ1v) is 12.5. The summed E-state index contributed by atoms with van der Waals surface area (Å²) >= 11 is 0. The van der Waals surface area contributed by atoms with Crippen LogP contribution in [0, 0.1) is 0 Å². The average molecular weight is 596 g/mol. The largest absolute Gasteiger partial charge is 0.463 e. The van der Waals surface area contributed by atoms with E-state index in [9.17, 15) is 37.1 Å². The molecule has 3 rings (SSSR count). The van der Waals surface area contributed by atoms with Gasteiger partial charge in [0.2, 0.25) is 12.2 Å². The molecular weight excluding hydrogens is 567 g/mol. The van der Waals surface area contributed by atoms with Crippen LogP contribution in [0.5, 0.6) is 5.75 Å². The van der Waals surface area contributed by atoms with Crippen LogP contribution >= 0.6 is 0 Å². The van der Waals surface area contributed by atoms with Crippen LogP contribution in [0.25, 0.3) is 0 Å². The van der Waals surface area contributed by atoms with Crippen molar-refractivity contribution < 1.29 is 60.8 Å². The van der Waals surface area contributed by atoms with Crippen molar-refractivity contribution in [3.8, 4) is 5.75 Å². The molecule has 0 saturated carbocycles. The highest BCUT2D eigenvalue weighted by atomic mass is 19.4. The highest BCUT2D eigenvalue weighted by molar-refractivity contribution is 6.09. The van der Waals surface area contributed by atoms with Crippen LogP contribution in [-0.4, -0.2) is 66.8 Å². The van der Waals surface area contributed by atoms with Gasteiger partial charge in [0.15, 0.2) is 18.0 Å². The third-order valence-corrected chi connectivity index (χ3v) is 5.91. The number of benzene rings is 2. The Hall–Kier alpha value is -4.46. The predicted octanol–water partition coefficient (Wildman–Crippen LogP) is 2.97. The molecule has 0 aromatic heterocycles. The maximum Gasteiger partial charge on any atom is 0.416 e. The minimum atomic E-state index is -4.54. The number of rotatable bonds is 9. The highest BCUT2D eigenvalue weighted by Crippen LogP contribution is 2.31. The number of hydrogen-bond donors (Lipinski definition) is 1. The number of ketones is 1. The highest BCUT2D eigenvalue weighted by Gasteiger charge is 2.52. The summed E-state index contributed by atoms with van der Waals surface area (Å²) in [4.78, 5) is 60.1. The van der Waals surface area contributed by atoms with Gasteiger partial charge in [-0.25, -0.2) is 0 Å². The Kier molecular flexibility index (Phi) is 10.3. The zero-order valence-electron chi connectivity index (χ0n) is 22.9. The van der Waals surface area contributed by atoms with Crippen LogP contribution in [0.4, 0.5) is 13.2 Å². The van der Waals surface area contributed by atoms with Crippen molar-refractivity contribution in [2.75, 3.05) is 6.61 Å². The molecule has 1 amide bonds. The summed E-state index contributed by atoms with van der Waals surface area (Å²) in [6, 6.07) is 8.04. The molecule has 0 bridgehead atoms. The van der Waals surface area contributed by atoms with Gasteiger partial charge < -0.3 is 29.0 Å². The molecular formula is C28H28F3NO10. The van der Waals surface area contributed by atoms with Gasteiger partial charge in [0.05, 0.1) is 5.56 Å². The second-order valence-electron chi connectivity index (χ2n) is 9.27. The number of ether oxygens (including phenoxy) is 5. The summed E-state index contributed by atoms with van der Waals surface area (Å²) in [6.45, 7) is 4.13. The second-order valence-corrected chi connectivity index (χ2v) is 9.27. The lowest BCUT2D eigenvalue weighted by molar-refractivity contribution is -0.257. The lowest BCUT2D eigenvalue weighted by Gasteiger charge is -2.44. The van der Waals surface area contributed by atoms with Crippen LogP contribution in [-0.2, 0) is 44.3 Å². The molecule has 1 heterocycles. The van der Waals surface area contributed by atoms with E-state index in [0.29, 0.717) is 0 Å². The van der Waals surface area contributed by atoms with Gasteiger partial charge in [0.1, 0.15) is 24.5 Å². The first-order valence-electron chi connectivity index (χ1n) is 12.5. The van der Waals surface area contributed by atoms with Crippen molar-refractivity contribution in [2.45, 2.75) is 64.5 Å². The molecule has 1 N–H and O–H groups in total. The Labute approximate surface area is 238 Å². The maximum atomic E-state index is 12.8. The van der Waals surface area contributed by atoms with Gasteiger partial charge in [-0.2, -0.15) is 13.2 Å². The standard InChI is InChI=1S/C28H28F3NO10/c1-14(33)32-23-26(40-17(4)36)25(39-16(3)35)22(13-38-15(2)34)42-27(23)41-21-11-7-19(8-12-21)24(37)18-5-9-20(10-6-18)28(29,30)31/h5-12,22-23,25-27H,13H2,1-4H3,(H,32,33)/t22-,23-,25-,26-,27-/m1/s1. The first kappa shape index (κ1) is 32.1. The molecule has 5 atom stereocenters. The summed E-state index contributed by atoms with van der Waals surface area (Å²) < 4.78 is 66.1. The van der Waals surface area contributed by atoms with Gasteiger partial charge in [0, 0.05) is 38.8 Å². The van der Waals surface area contributed by atoms with Crippen LogP contribution in [0.3, 0.4) is 0 Å². The molecule has 0 unspecified atom stereocenters. The Morgan fingerprint density at radius 1 is 0.786 bits per heavy atom. The zero-order valence-corrected chi connectivity index (χ0v) is 22.9. The van der Waals surface area contributed by atoms with Crippen LogP contribution < -0.4 is 10.1 Å². The Balaban J connectivity index is 1.88. The summed E-state index contributed by atoms with van der Waals surface area (Å²) in [5.74, 6) is -3.18. The third kappa shape index (κ3) is 8.52. The zero-order chi connectivity index (χ0) is 31.2. The summed E-state index contributed by atoms with van der Waals surface area (Å²) in [6.07, 6.45) is -9.72. The summed E-state index contributed by atoms with van der Waals surface area (Å²) in [7, 11) is 0. The van der Waals surface area contributed by atoms with E-state index in [0.717, 1.165) is 45.0 Å². The number of carbonyl (C=O) groups is 5. The van der Waals surface area contributed by atoms with E-state index in [1.807, 2.05) is 0 Å². The number of carbonyl (C=O) groups excluding carboxylic acids is 5. The number of nitrogens with one attached hydrogen (secondary N) is 1. The Bertz CT molecular complexity index is 1310. The van der Waals surface area contributed by atoms with Crippen LogP contribution in [0.1, 0.15) is 49.2 Å². The Morgan fingerprint density at radius 2 is 1.31 bits per heavy atom. The maximum absolute atomic E-state index is 12.8. The average Bonchev–Trinajstić information content (AvgIpc) is 2.89. The molecule has 226 valence electrons. The van der Waals surface area contributed by atoms with E-state index in [2.05, 4.69) is 5.32 Å². The molecule has 0 spiro atoms. The fourth-order valence-electron chi connectivity index (χ4n) is 4.19. The summed E-state index contributed by atoms with van der Waals surface area (Å²) in [5, 5.41) is 2.56. The predicted molar refractivity (Wildman–Crippen MR) is 136 cm³/mol. The van der Waals surface area contributed by atoms with E-state index in [4.69, 9.17) is 23.7 Å². The molecule has 0 radical (unpaired) electrons. The summed E-state index contributed by atoms with van der Waals surface area (Å²) in [5.41, 5.74) is -0.711. The SMILES string of the molecule is CC(=O)N[C@H]1[C@H](Oc2ccc(C(=O)c3ccc(C(F)(F)F)cc3)cc2)O[C@H](COC(C)=O)[C@@H](OC(C)=O)[C@@H]1OC(C)=O. The van der Waals surface area contributed by atoms with Crippen LogP contribution in [0.15, 0.2) is 48.5 Å². The smallest absolute Gasteiger partial charge is 0.416 e. The minimum absolute atomic E-state index is 0.0343. The quantitative estimate of drug-likeness (QED) is 0.261. The normalized spacial score (nSPS) is 21.9. The van der Waals surface area contributed by atoms with Crippen molar-refractivity contribution >= 4 is 29.6 Å². The van der Waals surface area contributed by atoms with E-state index in [-0.39, 0.29) is 16.9 Å². The van der Waals surface area contributed by atoms with E-state index in [1.54, 1.807) is 0 Å². The van der Waals surface area contributed by atoms with Gasteiger partial charge in [-0.3, -0.25) is 24.0 Å². The number of hydrogen-bond acceptors (Lipinski definition) is 10. The molecule has 2 aromatic carbocycles. The van der Waals surface area contributed by atoms with Gasteiger partial charge in [0.25, 0.3) is 0 Å². The number of alkyl halides is 3. The molecule has 14 heteroatoms. The molecule has 2 aromatic rings. The Morgan fingerprint density at radius 3 is 1.79 bits per heavy atom. The lowest BCUT2D eigenvalue weighted by Crippen LogP contribution is -2.67. The van der Waals surface area contributed by atoms with Gasteiger partial charge >= 0.3 is 24.1 Å². The molecule has 1 saturated heterocycles. The fourth-order valence-corrected chi connectivity index (χ4v) is 4.19. The van der Waals surface area contributed by atoms with Crippen molar-refractivity contribution in [3.05, 3.63) is 65.2 Å². The van der Waals surface area contributed by atoms with E-state index >= 15 is 0 Å². The third-order valence-electron chi connectivity index (χ3n) is 5.91. The van der Waals surface area contributed by atoms with Gasteiger partial charge in [-0.05, 0) is 36.4 Å². The monoisotopic (exact) mass is 595 g/mol. The van der Waals surface area contributed by atoms with Crippen molar-refractivity contribution in [3.63, 3.8) is 0 Å². The molecule has 1 aliphatic heterocycles. The molecule has 1 aliphatic rings. The molecule has 42 heavy (non-hydrogen) atoms. The number of esters is 3. The van der Waals surface area contributed by atoms with Gasteiger partial charge in [-0.15, -0.1) is 0 Å². The van der Waals surface area contributed by atoms with Crippen molar-refractivity contribution in [2.24, 2.45) is 0 Å². The van der Waals surface area contributed by atoms with Crippen molar-refractivity contribution in [1.82, 2.24) is 5.32 Å².